The number of ether oxygens (including phenoxy) is 1. The van der Waals surface area contributed by atoms with Crippen molar-refractivity contribution >= 4 is 11.3 Å². The molecule has 1 aromatic heterocycles. The fourth-order valence-electron chi connectivity index (χ4n) is 1.21. The van der Waals surface area contributed by atoms with Gasteiger partial charge < -0.3 is 4.74 Å². The molecule has 2 aromatic rings. The van der Waals surface area contributed by atoms with Gasteiger partial charge in [-0.2, -0.15) is 0 Å². The van der Waals surface area contributed by atoms with Crippen LogP contribution in [0.25, 0.3) is 11.3 Å². The molecule has 0 saturated carbocycles. The van der Waals surface area contributed by atoms with E-state index in [4.69, 9.17) is 0 Å². The summed E-state index contributed by atoms with van der Waals surface area (Å²) in [5.41, 5.74) is 2.85. The van der Waals surface area contributed by atoms with Crippen LogP contribution in [0.1, 0.15) is 0 Å². The summed E-state index contributed by atoms with van der Waals surface area (Å²) in [7, 11) is 0. The normalized spacial score (nSPS) is 11.4. The van der Waals surface area contributed by atoms with Gasteiger partial charge in [-0.15, -0.1) is 24.5 Å². The maximum Gasteiger partial charge on any atom is 0.573 e. The van der Waals surface area contributed by atoms with E-state index in [1.807, 2.05) is 0 Å². The van der Waals surface area contributed by atoms with Crippen LogP contribution >= 0.6 is 11.3 Å². The molecule has 0 bridgehead atoms. The molecular formula is C10H6F3NOS. The predicted molar refractivity (Wildman–Crippen MR) is 54.2 cm³/mol. The number of rotatable bonds is 2. The predicted octanol–water partition coefficient (Wildman–Crippen LogP) is 3.71. The van der Waals surface area contributed by atoms with Gasteiger partial charge in [0.1, 0.15) is 5.75 Å². The van der Waals surface area contributed by atoms with Gasteiger partial charge in [-0.05, 0) is 12.1 Å². The maximum atomic E-state index is 12.0. The second-order valence-electron chi connectivity index (χ2n) is 2.95. The van der Waals surface area contributed by atoms with E-state index in [2.05, 4.69) is 9.72 Å². The largest absolute Gasteiger partial charge is 0.573 e. The lowest BCUT2D eigenvalue weighted by Gasteiger charge is -2.09. The molecule has 0 amide bonds. The molecule has 0 atom stereocenters. The fourth-order valence-corrected chi connectivity index (χ4v) is 1.77. The molecule has 0 fully saturated rings. The van der Waals surface area contributed by atoms with Crippen LogP contribution in [0.3, 0.4) is 0 Å². The zero-order valence-electron chi connectivity index (χ0n) is 7.86. The molecule has 0 aliphatic carbocycles. The van der Waals surface area contributed by atoms with Gasteiger partial charge in [0.15, 0.2) is 0 Å². The summed E-state index contributed by atoms with van der Waals surface area (Å²) in [6.07, 6.45) is -4.67. The molecule has 6 heteroatoms. The number of hydrogen-bond donors (Lipinski definition) is 0. The SMILES string of the molecule is FC(F)(F)Oc1cccc(-c2cscn2)c1. The minimum absolute atomic E-state index is 0.238. The Morgan fingerprint density at radius 1 is 1.25 bits per heavy atom. The zero-order valence-corrected chi connectivity index (χ0v) is 8.68. The molecule has 0 saturated heterocycles. The lowest BCUT2D eigenvalue weighted by molar-refractivity contribution is -0.274. The Balaban J connectivity index is 2.27. The summed E-state index contributed by atoms with van der Waals surface area (Å²) in [6.45, 7) is 0. The van der Waals surface area contributed by atoms with E-state index in [0.717, 1.165) is 0 Å². The van der Waals surface area contributed by atoms with Crippen molar-refractivity contribution in [3.63, 3.8) is 0 Å². The molecule has 1 aromatic carbocycles. The lowest BCUT2D eigenvalue weighted by Crippen LogP contribution is -2.17. The van der Waals surface area contributed by atoms with Crippen LogP contribution < -0.4 is 4.74 Å². The van der Waals surface area contributed by atoms with Crippen molar-refractivity contribution in [3.05, 3.63) is 35.2 Å². The van der Waals surface area contributed by atoms with Gasteiger partial charge in [0, 0.05) is 10.9 Å². The number of halogens is 3. The van der Waals surface area contributed by atoms with Gasteiger partial charge in [0.2, 0.25) is 0 Å². The number of thiazole rings is 1. The summed E-state index contributed by atoms with van der Waals surface area (Å²) >= 11 is 1.38. The molecule has 0 aliphatic heterocycles. The summed E-state index contributed by atoms with van der Waals surface area (Å²) in [5, 5.41) is 1.76. The van der Waals surface area contributed by atoms with Crippen LogP contribution in [0.4, 0.5) is 13.2 Å². The van der Waals surface area contributed by atoms with Crippen molar-refractivity contribution in [2.45, 2.75) is 6.36 Å². The van der Waals surface area contributed by atoms with E-state index in [1.54, 1.807) is 17.0 Å². The van der Waals surface area contributed by atoms with Crippen LogP contribution in [0.15, 0.2) is 35.2 Å². The van der Waals surface area contributed by atoms with Gasteiger partial charge in [-0.25, -0.2) is 4.98 Å². The average molecular weight is 245 g/mol. The Labute approximate surface area is 93.3 Å². The smallest absolute Gasteiger partial charge is 0.406 e. The molecule has 2 rings (SSSR count). The summed E-state index contributed by atoms with van der Waals surface area (Å²) in [4.78, 5) is 4.01. The van der Waals surface area contributed by atoms with Crippen molar-refractivity contribution in [1.82, 2.24) is 4.98 Å². The van der Waals surface area contributed by atoms with E-state index in [0.29, 0.717) is 11.3 Å². The topological polar surface area (TPSA) is 22.1 Å². The average Bonchev–Trinajstić information content (AvgIpc) is 2.68. The third-order valence-electron chi connectivity index (χ3n) is 1.80. The van der Waals surface area contributed by atoms with Crippen LogP contribution in [0.2, 0.25) is 0 Å². The fraction of sp³-hybridized carbons (Fsp3) is 0.100. The molecule has 0 radical (unpaired) electrons. The number of alkyl halides is 3. The first-order valence-electron chi connectivity index (χ1n) is 4.29. The number of nitrogens with zero attached hydrogens (tertiary/aromatic N) is 1. The second-order valence-corrected chi connectivity index (χ2v) is 3.67. The van der Waals surface area contributed by atoms with Crippen molar-refractivity contribution in [2.75, 3.05) is 0 Å². The van der Waals surface area contributed by atoms with E-state index in [1.165, 1.54) is 29.5 Å². The van der Waals surface area contributed by atoms with E-state index in [9.17, 15) is 13.2 Å². The Morgan fingerprint density at radius 3 is 2.69 bits per heavy atom. The minimum atomic E-state index is -4.67. The quantitative estimate of drug-likeness (QED) is 0.804. The van der Waals surface area contributed by atoms with Gasteiger partial charge in [0.25, 0.3) is 0 Å². The van der Waals surface area contributed by atoms with Gasteiger partial charge in [-0.1, -0.05) is 12.1 Å². The third-order valence-corrected chi connectivity index (χ3v) is 2.38. The molecule has 2 nitrogen and oxygen atoms in total. The first-order valence-corrected chi connectivity index (χ1v) is 5.23. The van der Waals surface area contributed by atoms with Crippen LogP contribution in [0.5, 0.6) is 5.75 Å². The van der Waals surface area contributed by atoms with E-state index in [-0.39, 0.29) is 5.75 Å². The summed E-state index contributed by atoms with van der Waals surface area (Å²) in [6, 6.07) is 5.74. The summed E-state index contributed by atoms with van der Waals surface area (Å²) < 4.78 is 39.8. The molecule has 0 unspecified atom stereocenters. The Kier molecular flexibility index (Phi) is 2.82. The molecule has 1 heterocycles. The van der Waals surface area contributed by atoms with Gasteiger partial charge >= 0.3 is 6.36 Å². The van der Waals surface area contributed by atoms with Crippen LogP contribution in [-0.2, 0) is 0 Å². The zero-order chi connectivity index (χ0) is 11.6. The lowest BCUT2D eigenvalue weighted by atomic mass is 10.2. The van der Waals surface area contributed by atoms with Crippen molar-refractivity contribution in [2.24, 2.45) is 0 Å². The minimum Gasteiger partial charge on any atom is -0.406 e. The van der Waals surface area contributed by atoms with Gasteiger partial charge in [-0.3, -0.25) is 0 Å². The number of aromatic nitrogens is 1. The number of benzene rings is 1. The third kappa shape index (κ3) is 2.73. The van der Waals surface area contributed by atoms with Crippen molar-refractivity contribution in [3.8, 4) is 17.0 Å². The highest BCUT2D eigenvalue weighted by Crippen LogP contribution is 2.27. The molecule has 0 spiro atoms. The standard InChI is InChI=1S/C10H6F3NOS/c11-10(12,13)15-8-3-1-2-7(4-8)9-5-16-6-14-9/h1-6H. The van der Waals surface area contributed by atoms with E-state index >= 15 is 0 Å². The second kappa shape index (κ2) is 4.13. The molecule has 84 valence electrons. The monoisotopic (exact) mass is 245 g/mol. The van der Waals surface area contributed by atoms with Crippen molar-refractivity contribution in [1.29, 1.82) is 0 Å². The Hall–Kier alpha value is -1.56. The molecular weight excluding hydrogens is 239 g/mol. The van der Waals surface area contributed by atoms with Crippen molar-refractivity contribution < 1.29 is 17.9 Å². The first-order chi connectivity index (χ1) is 7.54. The molecule has 0 aliphatic rings. The highest BCUT2D eigenvalue weighted by molar-refractivity contribution is 7.07. The first kappa shape index (κ1) is 10.9. The maximum absolute atomic E-state index is 12.0. The van der Waals surface area contributed by atoms with E-state index < -0.39 is 6.36 Å². The van der Waals surface area contributed by atoms with Crippen LogP contribution in [-0.4, -0.2) is 11.3 Å². The van der Waals surface area contributed by atoms with Gasteiger partial charge in [0.05, 0.1) is 11.2 Å². The Morgan fingerprint density at radius 2 is 2.06 bits per heavy atom. The Bertz CT molecular complexity index is 467. The molecule has 0 N–H and O–H groups in total. The van der Waals surface area contributed by atoms with Crippen LogP contribution in [0, 0.1) is 0 Å². The number of hydrogen-bond acceptors (Lipinski definition) is 3. The highest BCUT2D eigenvalue weighted by Gasteiger charge is 2.31. The highest BCUT2D eigenvalue weighted by atomic mass is 32.1. The molecule has 16 heavy (non-hydrogen) atoms. The summed E-state index contributed by atoms with van der Waals surface area (Å²) in [5.74, 6) is -0.238.